The molecule has 0 saturated carbocycles. The molecule has 82 valence electrons. The minimum absolute atomic E-state index is 0.553. The molecular weight excluding hydrogens is 248 g/mol. The van der Waals surface area contributed by atoms with E-state index in [2.05, 4.69) is 17.2 Å². The lowest BCUT2D eigenvalue weighted by Gasteiger charge is -2.21. The number of nitrogens with zero attached hydrogens (tertiary/aromatic N) is 1. The van der Waals surface area contributed by atoms with Gasteiger partial charge in [-0.3, -0.25) is 4.99 Å². The Morgan fingerprint density at radius 2 is 2.47 bits per heavy atom. The monoisotopic (exact) mass is 260 g/mol. The Morgan fingerprint density at radius 3 is 3.13 bits per heavy atom. The largest absolute Gasteiger partial charge is 0.362 e. The van der Waals surface area contributed by atoms with Crippen molar-refractivity contribution in [3.8, 4) is 0 Å². The summed E-state index contributed by atoms with van der Waals surface area (Å²) in [6, 6.07) is 4.51. The maximum absolute atomic E-state index is 5.85. The van der Waals surface area contributed by atoms with Gasteiger partial charge in [0, 0.05) is 16.7 Å². The van der Waals surface area contributed by atoms with E-state index in [4.69, 9.17) is 11.6 Å². The third-order valence-electron chi connectivity index (χ3n) is 2.17. The smallest absolute Gasteiger partial charge is 0.157 e. The number of thiophene rings is 1. The summed E-state index contributed by atoms with van der Waals surface area (Å²) in [6.45, 7) is 2.93. The molecule has 0 aromatic carbocycles. The van der Waals surface area contributed by atoms with Crippen molar-refractivity contribution in [1.29, 1.82) is 0 Å². The molecule has 1 aliphatic rings. The maximum atomic E-state index is 5.85. The standard InChI is InChI=1S/C10H13ClN2S2/c1-7-4-5-14-10(13-7)12-6-8-2-3-9(11)15-8/h2-3,7H,4-6H2,1H3,(H,12,13). The second-order valence-corrected chi connectivity index (χ2v) is 6.39. The first-order valence-corrected chi connectivity index (χ1v) is 7.10. The minimum Gasteiger partial charge on any atom is -0.362 e. The molecule has 5 heteroatoms. The fourth-order valence-corrected chi connectivity index (χ4v) is 3.45. The fourth-order valence-electron chi connectivity index (χ4n) is 1.33. The highest BCUT2D eigenvalue weighted by Gasteiger charge is 2.12. The fraction of sp³-hybridized carbons (Fsp3) is 0.500. The Hall–Kier alpha value is -0.190. The van der Waals surface area contributed by atoms with Crippen LogP contribution in [0.4, 0.5) is 0 Å². The number of aliphatic imine (C=N–C) groups is 1. The highest BCUT2D eigenvalue weighted by molar-refractivity contribution is 8.13. The number of amidine groups is 1. The number of hydrogen-bond donors (Lipinski definition) is 1. The van der Waals surface area contributed by atoms with Crippen molar-refractivity contribution in [2.24, 2.45) is 4.99 Å². The Kier molecular flexibility index (Phi) is 3.94. The van der Waals surface area contributed by atoms with E-state index in [0.29, 0.717) is 6.04 Å². The molecule has 1 aromatic heterocycles. The van der Waals surface area contributed by atoms with Crippen LogP contribution < -0.4 is 5.32 Å². The van der Waals surface area contributed by atoms with Crippen molar-refractivity contribution in [3.63, 3.8) is 0 Å². The molecule has 1 saturated heterocycles. The Balaban J connectivity index is 1.93. The molecule has 15 heavy (non-hydrogen) atoms. The zero-order valence-corrected chi connectivity index (χ0v) is 10.9. The third-order valence-corrected chi connectivity index (χ3v) is 4.34. The van der Waals surface area contributed by atoms with Crippen molar-refractivity contribution >= 4 is 39.9 Å². The quantitative estimate of drug-likeness (QED) is 0.882. The molecule has 1 aromatic rings. The van der Waals surface area contributed by atoms with Gasteiger partial charge in [-0.1, -0.05) is 23.4 Å². The van der Waals surface area contributed by atoms with Gasteiger partial charge in [0.1, 0.15) is 0 Å². The Morgan fingerprint density at radius 1 is 1.60 bits per heavy atom. The van der Waals surface area contributed by atoms with E-state index in [1.54, 1.807) is 23.1 Å². The average molecular weight is 261 g/mol. The molecule has 2 rings (SSSR count). The van der Waals surface area contributed by atoms with Crippen molar-refractivity contribution in [1.82, 2.24) is 5.32 Å². The lowest BCUT2D eigenvalue weighted by Crippen LogP contribution is -2.35. The van der Waals surface area contributed by atoms with Crippen LogP contribution in [0.15, 0.2) is 17.1 Å². The highest BCUT2D eigenvalue weighted by Crippen LogP contribution is 2.22. The van der Waals surface area contributed by atoms with Gasteiger partial charge in [-0.15, -0.1) is 11.3 Å². The van der Waals surface area contributed by atoms with Gasteiger partial charge in [-0.05, 0) is 25.5 Å². The molecule has 1 aliphatic heterocycles. The van der Waals surface area contributed by atoms with Crippen LogP contribution in [0.25, 0.3) is 0 Å². The topological polar surface area (TPSA) is 24.4 Å². The molecule has 1 N–H and O–H groups in total. The van der Waals surface area contributed by atoms with Crippen molar-refractivity contribution in [2.75, 3.05) is 5.75 Å². The highest BCUT2D eigenvalue weighted by atomic mass is 35.5. The molecule has 0 radical (unpaired) electrons. The van der Waals surface area contributed by atoms with Crippen LogP contribution in [-0.2, 0) is 6.54 Å². The van der Waals surface area contributed by atoms with Crippen LogP contribution in [0.3, 0.4) is 0 Å². The maximum Gasteiger partial charge on any atom is 0.157 e. The molecule has 1 fully saturated rings. The number of rotatable bonds is 2. The van der Waals surface area contributed by atoms with E-state index in [9.17, 15) is 0 Å². The van der Waals surface area contributed by atoms with E-state index < -0.39 is 0 Å². The molecule has 0 bridgehead atoms. The van der Waals surface area contributed by atoms with Crippen LogP contribution in [0.2, 0.25) is 4.34 Å². The molecular formula is C10H13ClN2S2. The van der Waals surface area contributed by atoms with E-state index in [1.807, 2.05) is 12.1 Å². The van der Waals surface area contributed by atoms with Crippen LogP contribution in [-0.4, -0.2) is 17.0 Å². The van der Waals surface area contributed by atoms with Crippen LogP contribution in [0, 0.1) is 0 Å². The normalized spacial score (nSPS) is 24.1. The molecule has 1 unspecified atom stereocenters. The molecule has 0 spiro atoms. The predicted molar refractivity (Wildman–Crippen MR) is 70.1 cm³/mol. The summed E-state index contributed by atoms with van der Waals surface area (Å²) in [5.74, 6) is 1.16. The summed E-state index contributed by atoms with van der Waals surface area (Å²) < 4.78 is 0.836. The number of hydrogen-bond acceptors (Lipinski definition) is 3. The number of nitrogens with one attached hydrogen (secondary N) is 1. The number of halogens is 1. The van der Waals surface area contributed by atoms with Gasteiger partial charge >= 0.3 is 0 Å². The SMILES string of the molecule is CC1CCSC(=NCc2ccc(Cl)s2)N1. The summed E-state index contributed by atoms with van der Waals surface area (Å²) in [4.78, 5) is 5.75. The first kappa shape index (κ1) is 11.3. The second kappa shape index (κ2) is 5.23. The van der Waals surface area contributed by atoms with Gasteiger partial charge < -0.3 is 5.32 Å². The predicted octanol–water partition coefficient (Wildman–Crippen LogP) is 3.37. The summed E-state index contributed by atoms with van der Waals surface area (Å²) >= 11 is 9.26. The van der Waals surface area contributed by atoms with Crippen molar-refractivity contribution < 1.29 is 0 Å². The molecule has 2 nitrogen and oxygen atoms in total. The first-order valence-electron chi connectivity index (χ1n) is 4.92. The van der Waals surface area contributed by atoms with Crippen LogP contribution >= 0.6 is 34.7 Å². The molecule has 0 amide bonds. The van der Waals surface area contributed by atoms with E-state index in [-0.39, 0.29) is 0 Å². The minimum atomic E-state index is 0.553. The van der Waals surface area contributed by atoms with Crippen LogP contribution in [0.5, 0.6) is 0 Å². The number of thioether (sulfide) groups is 1. The van der Waals surface area contributed by atoms with Gasteiger partial charge in [-0.25, -0.2) is 0 Å². The Labute approximate surface area is 103 Å². The molecule has 2 heterocycles. The summed E-state index contributed by atoms with van der Waals surface area (Å²) in [7, 11) is 0. The second-order valence-electron chi connectivity index (χ2n) is 3.51. The van der Waals surface area contributed by atoms with Gasteiger partial charge in [0.25, 0.3) is 0 Å². The van der Waals surface area contributed by atoms with Gasteiger partial charge in [-0.2, -0.15) is 0 Å². The summed E-state index contributed by atoms with van der Waals surface area (Å²) in [6.07, 6.45) is 1.22. The summed E-state index contributed by atoms with van der Waals surface area (Å²) in [5, 5.41) is 4.45. The van der Waals surface area contributed by atoms with Crippen molar-refractivity contribution in [2.45, 2.75) is 25.9 Å². The lowest BCUT2D eigenvalue weighted by atomic mass is 10.3. The van der Waals surface area contributed by atoms with E-state index >= 15 is 0 Å². The zero-order valence-electron chi connectivity index (χ0n) is 8.50. The summed E-state index contributed by atoms with van der Waals surface area (Å²) in [5.41, 5.74) is 0. The third kappa shape index (κ3) is 3.40. The average Bonchev–Trinajstić information content (AvgIpc) is 2.62. The van der Waals surface area contributed by atoms with Gasteiger partial charge in [0.05, 0.1) is 10.9 Å². The van der Waals surface area contributed by atoms with E-state index in [1.165, 1.54) is 11.3 Å². The van der Waals surface area contributed by atoms with Gasteiger partial charge in [0.15, 0.2) is 5.17 Å². The van der Waals surface area contributed by atoms with Gasteiger partial charge in [0.2, 0.25) is 0 Å². The molecule has 1 atom stereocenters. The van der Waals surface area contributed by atoms with Crippen LogP contribution in [0.1, 0.15) is 18.2 Å². The lowest BCUT2D eigenvalue weighted by molar-refractivity contribution is 0.642. The van der Waals surface area contributed by atoms with E-state index in [0.717, 1.165) is 21.8 Å². The zero-order chi connectivity index (χ0) is 10.7. The Bertz CT molecular complexity index is 362. The van der Waals surface area contributed by atoms with Crippen molar-refractivity contribution in [3.05, 3.63) is 21.3 Å². The molecule has 0 aliphatic carbocycles. The first-order chi connectivity index (χ1) is 7.24.